The second kappa shape index (κ2) is 20.4. The number of carbonyl (C=O) groups excluding carboxylic acids is 5. The van der Waals surface area contributed by atoms with Crippen LogP contribution in [0.4, 0.5) is 14.4 Å². The fraction of sp³-hybridized carbons (Fsp3) is 0.318. The lowest BCUT2D eigenvalue weighted by atomic mass is 9.83. The van der Waals surface area contributed by atoms with Crippen molar-refractivity contribution in [2.75, 3.05) is 19.6 Å². The van der Waals surface area contributed by atoms with Crippen LogP contribution in [0.1, 0.15) is 47.9 Å². The van der Waals surface area contributed by atoms with Crippen LogP contribution in [0.25, 0.3) is 0 Å². The Morgan fingerprint density at radius 3 is 1.58 bits per heavy atom. The van der Waals surface area contributed by atoms with Crippen molar-refractivity contribution in [3.8, 4) is 0 Å². The summed E-state index contributed by atoms with van der Waals surface area (Å²) in [6.07, 6.45) is 1.26. The standard InChI is InChI=1S/C44H47N5O8/c50-39-37(22-13-25-45-41(46-42(52)56-30-35-18-9-3-10-19-35)47-43(53)57-31-36-20-11-4-12-21-36)38(40(51)55-29-34-16-7-2-8-17-34)49(39)44(54)48-26-23-33(24-27-48)28-32-14-5-1-6-15-32/h1-12,14-21,33,37-38H,13,22-31H2,(H2,45,46,47,52,53)/t37-,38?/m1/s1. The highest BCUT2D eigenvalue weighted by atomic mass is 16.6. The van der Waals surface area contributed by atoms with Gasteiger partial charge in [0.1, 0.15) is 19.8 Å². The number of esters is 1. The van der Waals surface area contributed by atoms with Gasteiger partial charge < -0.3 is 19.1 Å². The molecule has 2 heterocycles. The highest BCUT2D eigenvalue weighted by molar-refractivity contribution is 6.08. The molecule has 13 nitrogen and oxygen atoms in total. The van der Waals surface area contributed by atoms with Gasteiger partial charge in [-0.2, -0.15) is 0 Å². The van der Waals surface area contributed by atoms with Crippen molar-refractivity contribution in [1.82, 2.24) is 20.4 Å². The third-order valence-corrected chi connectivity index (χ3v) is 9.95. The summed E-state index contributed by atoms with van der Waals surface area (Å²) in [6, 6.07) is 36.0. The molecule has 0 saturated carbocycles. The molecule has 2 aliphatic heterocycles. The summed E-state index contributed by atoms with van der Waals surface area (Å²) in [5.74, 6) is -1.74. The molecule has 57 heavy (non-hydrogen) atoms. The molecule has 13 heteroatoms. The van der Waals surface area contributed by atoms with Crippen LogP contribution in [0.2, 0.25) is 0 Å². The number of hydrogen-bond donors (Lipinski definition) is 2. The number of amides is 5. The molecular weight excluding hydrogens is 727 g/mol. The molecule has 0 bridgehead atoms. The van der Waals surface area contributed by atoms with Crippen LogP contribution in [0, 0.1) is 11.8 Å². The average molecular weight is 774 g/mol. The second-order valence-electron chi connectivity index (χ2n) is 14.0. The van der Waals surface area contributed by atoms with E-state index in [1.165, 1.54) is 5.56 Å². The number of β-lactam (4-membered cyclic amide) rings is 1. The summed E-state index contributed by atoms with van der Waals surface area (Å²) >= 11 is 0. The molecule has 296 valence electrons. The van der Waals surface area contributed by atoms with E-state index in [4.69, 9.17) is 14.2 Å². The maximum Gasteiger partial charge on any atom is 0.414 e. The first-order valence-corrected chi connectivity index (χ1v) is 19.2. The number of nitrogens with zero attached hydrogens (tertiary/aromatic N) is 3. The molecule has 4 aromatic rings. The number of aliphatic imine (C=N–C) groups is 1. The molecule has 5 amide bonds. The number of imide groups is 1. The van der Waals surface area contributed by atoms with Gasteiger partial charge in [0.2, 0.25) is 11.9 Å². The summed E-state index contributed by atoms with van der Waals surface area (Å²) in [5, 5.41) is 4.91. The first-order valence-electron chi connectivity index (χ1n) is 19.2. The normalized spacial score (nSPS) is 16.5. The van der Waals surface area contributed by atoms with Gasteiger partial charge in [0, 0.05) is 19.6 Å². The lowest BCUT2D eigenvalue weighted by molar-refractivity contribution is -0.171. The Balaban J connectivity index is 1.07. The highest BCUT2D eigenvalue weighted by Crippen LogP contribution is 2.34. The molecule has 2 aliphatic rings. The number of hydrogen-bond acceptors (Lipinski definition) is 9. The summed E-state index contributed by atoms with van der Waals surface area (Å²) in [6.45, 7) is 0.989. The number of piperidine rings is 1. The minimum absolute atomic E-state index is 0.00424. The Kier molecular flexibility index (Phi) is 14.4. The Hall–Kier alpha value is -6.50. The molecule has 0 radical (unpaired) electrons. The molecular formula is C44H47N5O8. The van der Waals surface area contributed by atoms with E-state index in [0.717, 1.165) is 40.9 Å². The van der Waals surface area contributed by atoms with E-state index in [1.54, 1.807) is 29.2 Å². The van der Waals surface area contributed by atoms with Crippen LogP contribution in [-0.4, -0.2) is 71.5 Å². The molecule has 6 rings (SSSR count). The predicted molar refractivity (Wildman–Crippen MR) is 211 cm³/mol. The summed E-state index contributed by atoms with van der Waals surface area (Å²) in [7, 11) is 0. The Morgan fingerprint density at radius 1 is 0.632 bits per heavy atom. The Morgan fingerprint density at radius 2 is 1.09 bits per heavy atom. The van der Waals surface area contributed by atoms with E-state index < -0.39 is 42.1 Å². The molecule has 2 saturated heterocycles. The fourth-order valence-electron chi connectivity index (χ4n) is 6.88. The first-order chi connectivity index (χ1) is 27.8. The minimum atomic E-state index is -1.10. The number of carbonyl (C=O) groups is 5. The molecule has 0 spiro atoms. The van der Waals surface area contributed by atoms with Crippen molar-refractivity contribution in [2.45, 2.75) is 58.0 Å². The quantitative estimate of drug-likeness (QED) is 0.0384. The van der Waals surface area contributed by atoms with E-state index >= 15 is 0 Å². The number of urea groups is 1. The van der Waals surface area contributed by atoms with Gasteiger partial charge in [-0.25, -0.2) is 24.1 Å². The van der Waals surface area contributed by atoms with Crippen LogP contribution >= 0.6 is 0 Å². The van der Waals surface area contributed by atoms with Crippen molar-refractivity contribution in [2.24, 2.45) is 16.8 Å². The number of guanidine groups is 1. The number of nitrogens with one attached hydrogen (secondary N) is 2. The van der Waals surface area contributed by atoms with Crippen molar-refractivity contribution in [3.05, 3.63) is 144 Å². The molecule has 0 aliphatic carbocycles. The average Bonchev–Trinajstić information content (AvgIpc) is 3.24. The monoisotopic (exact) mass is 773 g/mol. The molecule has 0 aromatic heterocycles. The molecule has 2 atom stereocenters. The molecule has 4 aromatic carbocycles. The Bertz CT molecular complexity index is 1910. The predicted octanol–water partition coefficient (Wildman–Crippen LogP) is 6.62. The van der Waals surface area contributed by atoms with Crippen molar-refractivity contribution in [3.63, 3.8) is 0 Å². The number of rotatable bonds is 13. The topological polar surface area (TPSA) is 156 Å². The van der Waals surface area contributed by atoms with E-state index in [9.17, 15) is 24.0 Å². The Labute approximate surface area is 332 Å². The number of likely N-dealkylation sites (tertiary alicyclic amines) is 2. The zero-order valence-corrected chi connectivity index (χ0v) is 31.7. The van der Waals surface area contributed by atoms with Gasteiger partial charge in [0.25, 0.3) is 0 Å². The van der Waals surface area contributed by atoms with Gasteiger partial charge in [-0.1, -0.05) is 121 Å². The van der Waals surface area contributed by atoms with Gasteiger partial charge in [-0.3, -0.25) is 20.4 Å². The summed E-state index contributed by atoms with van der Waals surface area (Å²) in [4.78, 5) is 73.4. The van der Waals surface area contributed by atoms with Crippen LogP contribution in [0.3, 0.4) is 0 Å². The summed E-state index contributed by atoms with van der Waals surface area (Å²) < 4.78 is 16.3. The first kappa shape index (κ1) is 40.2. The van der Waals surface area contributed by atoms with Crippen LogP contribution in [-0.2, 0) is 50.0 Å². The second-order valence-corrected chi connectivity index (χ2v) is 14.0. The smallest absolute Gasteiger partial charge is 0.414 e. The van der Waals surface area contributed by atoms with Crippen molar-refractivity contribution >= 4 is 36.1 Å². The highest BCUT2D eigenvalue weighted by Gasteiger charge is 2.56. The third kappa shape index (κ3) is 11.7. The van der Waals surface area contributed by atoms with Crippen LogP contribution < -0.4 is 10.6 Å². The number of benzene rings is 4. The van der Waals surface area contributed by atoms with E-state index in [2.05, 4.69) is 27.8 Å². The largest absolute Gasteiger partial charge is 0.459 e. The zero-order chi connectivity index (χ0) is 39.8. The molecule has 1 unspecified atom stereocenters. The van der Waals surface area contributed by atoms with Gasteiger partial charge >= 0.3 is 24.2 Å². The van der Waals surface area contributed by atoms with E-state index in [1.807, 2.05) is 84.9 Å². The van der Waals surface area contributed by atoms with Gasteiger partial charge in [0.05, 0.1) is 5.92 Å². The van der Waals surface area contributed by atoms with E-state index in [-0.39, 0.29) is 45.2 Å². The van der Waals surface area contributed by atoms with Gasteiger partial charge in [-0.05, 0) is 60.3 Å². The van der Waals surface area contributed by atoms with Crippen LogP contribution in [0.15, 0.2) is 126 Å². The maximum atomic E-state index is 13.8. The molecule has 2 N–H and O–H groups in total. The number of ether oxygens (including phenoxy) is 3. The number of alkyl carbamates (subject to hydrolysis) is 2. The fourth-order valence-corrected chi connectivity index (χ4v) is 6.88. The van der Waals surface area contributed by atoms with Crippen molar-refractivity contribution < 1.29 is 38.2 Å². The summed E-state index contributed by atoms with van der Waals surface area (Å²) in [5.41, 5.74) is 3.56. The third-order valence-electron chi connectivity index (χ3n) is 9.95. The zero-order valence-electron chi connectivity index (χ0n) is 31.7. The van der Waals surface area contributed by atoms with Crippen LogP contribution in [0.5, 0.6) is 0 Å². The minimum Gasteiger partial charge on any atom is -0.459 e. The lowest BCUT2D eigenvalue weighted by Crippen LogP contribution is -2.69. The maximum absolute atomic E-state index is 13.8. The molecule has 2 fully saturated rings. The van der Waals surface area contributed by atoms with Gasteiger partial charge in [-0.15, -0.1) is 0 Å². The SMILES string of the molecule is O=C(NC(=NCCC[C@H]1C(=O)N(C(=O)N2CCC(Cc3ccccc3)CC2)C1C(=O)OCc1ccccc1)NC(=O)OCc1ccccc1)OCc1ccccc1. The van der Waals surface area contributed by atoms with Crippen molar-refractivity contribution in [1.29, 1.82) is 0 Å². The van der Waals surface area contributed by atoms with Gasteiger partial charge in [0.15, 0.2) is 6.04 Å². The van der Waals surface area contributed by atoms with E-state index in [0.29, 0.717) is 19.0 Å². The lowest BCUT2D eigenvalue weighted by Gasteiger charge is -2.46.